The van der Waals surface area contributed by atoms with Gasteiger partial charge in [0.2, 0.25) is 5.91 Å². The van der Waals surface area contributed by atoms with E-state index in [0.717, 1.165) is 11.8 Å². The van der Waals surface area contributed by atoms with Crippen molar-refractivity contribution in [3.05, 3.63) is 34.9 Å². The van der Waals surface area contributed by atoms with Gasteiger partial charge in [0.1, 0.15) is 18.6 Å². The van der Waals surface area contributed by atoms with E-state index in [-0.39, 0.29) is 24.7 Å². The first-order valence-electron chi connectivity index (χ1n) is 12.8. The average molecular weight is 536 g/mol. The van der Waals surface area contributed by atoms with Crippen molar-refractivity contribution in [2.75, 3.05) is 13.1 Å². The number of hydrogen-bond acceptors (Lipinski definition) is 6. The van der Waals surface area contributed by atoms with Crippen LogP contribution in [0.1, 0.15) is 65.4 Å². The van der Waals surface area contributed by atoms with E-state index >= 15 is 0 Å². The minimum absolute atomic E-state index is 0.0186. The monoisotopic (exact) mass is 535 g/mol. The Morgan fingerprint density at radius 1 is 1.22 bits per heavy atom. The Labute approximate surface area is 223 Å². The average Bonchev–Trinajstić information content (AvgIpc) is 3.22. The number of rotatable bonds is 9. The lowest BCUT2D eigenvalue weighted by atomic mass is 9.67. The number of nitrogens with one attached hydrogen (secondary N) is 1. The van der Waals surface area contributed by atoms with E-state index in [9.17, 15) is 29.4 Å². The predicted molar refractivity (Wildman–Crippen MR) is 139 cm³/mol. The second-order valence-corrected chi connectivity index (χ2v) is 11.9. The van der Waals surface area contributed by atoms with Crippen LogP contribution in [0.4, 0.5) is 4.79 Å². The number of hydrazine groups is 1. The molecule has 1 heterocycles. The van der Waals surface area contributed by atoms with Crippen molar-refractivity contribution in [3.8, 4) is 0 Å². The number of nitrogens with zero attached hydrogens (tertiary/aromatic N) is 2. The molecular weight excluding hydrogens is 498 g/mol. The van der Waals surface area contributed by atoms with Gasteiger partial charge in [-0.2, -0.15) is 0 Å². The van der Waals surface area contributed by atoms with Crippen LogP contribution >= 0.6 is 11.6 Å². The Bertz CT molecular complexity index is 1020. The maximum absolute atomic E-state index is 14.0. The molecule has 37 heavy (non-hydrogen) atoms. The third-order valence-corrected chi connectivity index (χ3v) is 8.44. The summed E-state index contributed by atoms with van der Waals surface area (Å²) < 4.78 is 0. The van der Waals surface area contributed by atoms with Gasteiger partial charge < -0.3 is 25.1 Å². The van der Waals surface area contributed by atoms with Gasteiger partial charge in [0.15, 0.2) is 0 Å². The van der Waals surface area contributed by atoms with E-state index in [1.54, 1.807) is 12.1 Å². The van der Waals surface area contributed by atoms with Gasteiger partial charge >= 0.3 is 6.09 Å². The first kappa shape index (κ1) is 29.1. The van der Waals surface area contributed by atoms with Gasteiger partial charge in [-0.15, -0.1) is 0 Å². The topological polar surface area (TPSA) is 127 Å². The number of aldehydes is 2. The number of halogens is 1. The van der Waals surface area contributed by atoms with Crippen molar-refractivity contribution in [1.82, 2.24) is 15.3 Å². The normalized spacial score (nSPS) is 28.5. The molecular formula is C27H38ClN3O6. The zero-order valence-corrected chi connectivity index (χ0v) is 22.7. The molecule has 2 amide bonds. The van der Waals surface area contributed by atoms with Crippen molar-refractivity contribution in [2.45, 2.75) is 77.0 Å². The summed E-state index contributed by atoms with van der Waals surface area (Å²) in [6.07, 6.45) is 1.47. The van der Waals surface area contributed by atoms with E-state index in [0.29, 0.717) is 43.7 Å². The van der Waals surface area contributed by atoms with Crippen LogP contribution in [0.5, 0.6) is 0 Å². The van der Waals surface area contributed by atoms with E-state index in [1.807, 2.05) is 44.8 Å². The van der Waals surface area contributed by atoms with Crippen molar-refractivity contribution in [1.29, 1.82) is 0 Å². The molecule has 9 nitrogen and oxygen atoms in total. The molecule has 1 aromatic rings. The molecule has 3 N–H and O–H groups in total. The Kier molecular flexibility index (Phi) is 8.71. The van der Waals surface area contributed by atoms with Gasteiger partial charge in [0.25, 0.3) is 0 Å². The van der Waals surface area contributed by atoms with Crippen LogP contribution in [0, 0.1) is 17.3 Å². The molecule has 1 aliphatic heterocycles. The first-order chi connectivity index (χ1) is 17.3. The van der Waals surface area contributed by atoms with Gasteiger partial charge in [-0.05, 0) is 49.3 Å². The number of piperidine rings is 1. The lowest BCUT2D eigenvalue weighted by Gasteiger charge is -2.54. The van der Waals surface area contributed by atoms with Crippen LogP contribution in [0.25, 0.3) is 0 Å². The van der Waals surface area contributed by atoms with Crippen molar-refractivity contribution >= 4 is 36.2 Å². The van der Waals surface area contributed by atoms with Gasteiger partial charge in [0.05, 0.1) is 11.1 Å². The molecule has 1 saturated heterocycles. The van der Waals surface area contributed by atoms with Crippen LogP contribution < -0.4 is 5.32 Å². The summed E-state index contributed by atoms with van der Waals surface area (Å²) >= 11 is 6.05. The summed E-state index contributed by atoms with van der Waals surface area (Å²) in [4.78, 5) is 48.9. The highest BCUT2D eigenvalue weighted by Gasteiger charge is 2.52. The summed E-state index contributed by atoms with van der Waals surface area (Å²) in [6.45, 7) is 8.26. The lowest BCUT2D eigenvalue weighted by Crippen LogP contribution is -2.64. The molecule has 0 aromatic heterocycles. The predicted octanol–water partition coefficient (Wildman–Crippen LogP) is 3.62. The second kappa shape index (κ2) is 11.1. The quantitative estimate of drug-likeness (QED) is 0.412. The molecule has 1 saturated carbocycles. The SMILES string of the molecule is CC(C)[C@H](C=O)N(C(=O)[C@@H]1CCC(CC=O)(NC(=O)O)C1)N1CC[C@](O)(c2ccc(Cl)cc2)C(C)(C)C1. The van der Waals surface area contributed by atoms with Crippen molar-refractivity contribution in [2.24, 2.45) is 17.3 Å². The second-order valence-electron chi connectivity index (χ2n) is 11.5. The number of carbonyl (C=O) groups is 4. The highest BCUT2D eigenvalue weighted by molar-refractivity contribution is 6.30. The molecule has 0 bridgehead atoms. The number of aliphatic hydroxyl groups is 1. The Hall–Kier alpha value is -2.49. The zero-order valence-electron chi connectivity index (χ0n) is 21.9. The molecule has 4 atom stereocenters. The summed E-state index contributed by atoms with van der Waals surface area (Å²) in [6, 6.07) is 6.38. The van der Waals surface area contributed by atoms with E-state index < -0.39 is 34.6 Å². The highest BCUT2D eigenvalue weighted by atomic mass is 35.5. The number of amides is 2. The standard InChI is InChI=1S/C27H38ClN3O6/c1-18(2)22(16-33)31(23(34)19-9-10-26(15-19,12-14-32)29-24(35)36)30-13-11-27(37,25(3,4)17-30)20-5-7-21(28)8-6-20/h5-8,14,16,18-19,22,29,37H,9-13,15,17H2,1-4H3,(H,35,36)/t19-,22+,26?,27+/m1/s1. The van der Waals surface area contributed by atoms with Gasteiger partial charge in [-0.25, -0.2) is 9.80 Å². The van der Waals surface area contributed by atoms with Gasteiger partial charge in [0, 0.05) is 35.9 Å². The van der Waals surface area contributed by atoms with Crippen LogP contribution in [-0.4, -0.2) is 69.5 Å². The molecule has 10 heteroatoms. The Balaban J connectivity index is 1.90. The molecule has 1 unspecified atom stereocenters. The third kappa shape index (κ3) is 5.84. The Morgan fingerprint density at radius 2 is 1.86 bits per heavy atom. The minimum Gasteiger partial charge on any atom is -0.465 e. The minimum atomic E-state index is -1.24. The molecule has 0 spiro atoms. The van der Waals surface area contributed by atoms with E-state index in [4.69, 9.17) is 11.6 Å². The highest BCUT2D eigenvalue weighted by Crippen LogP contribution is 2.47. The zero-order chi connectivity index (χ0) is 27.6. The molecule has 3 rings (SSSR count). The largest absolute Gasteiger partial charge is 0.465 e. The summed E-state index contributed by atoms with van der Waals surface area (Å²) in [5, 5.41) is 27.5. The maximum Gasteiger partial charge on any atom is 0.405 e. The van der Waals surface area contributed by atoms with Crippen LogP contribution in [-0.2, 0) is 20.0 Å². The van der Waals surface area contributed by atoms with Crippen LogP contribution in [0.3, 0.4) is 0 Å². The summed E-state index contributed by atoms with van der Waals surface area (Å²) in [5.74, 6) is -0.980. The first-order valence-corrected chi connectivity index (χ1v) is 13.1. The number of carbonyl (C=O) groups excluding carboxylic acids is 3. The fourth-order valence-electron chi connectivity index (χ4n) is 5.97. The fraction of sp³-hybridized carbons (Fsp3) is 0.630. The van der Waals surface area contributed by atoms with E-state index in [2.05, 4.69) is 5.32 Å². The summed E-state index contributed by atoms with van der Waals surface area (Å²) in [5.41, 5.74) is -2.12. The van der Waals surface area contributed by atoms with Crippen LogP contribution in [0.15, 0.2) is 24.3 Å². The van der Waals surface area contributed by atoms with Crippen LogP contribution in [0.2, 0.25) is 5.02 Å². The molecule has 1 aromatic carbocycles. The smallest absolute Gasteiger partial charge is 0.405 e. The van der Waals surface area contributed by atoms with Gasteiger partial charge in [-0.3, -0.25) is 9.80 Å². The maximum atomic E-state index is 14.0. The molecule has 1 aliphatic carbocycles. The van der Waals surface area contributed by atoms with Gasteiger partial charge in [-0.1, -0.05) is 51.4 Å². The third-order valence-electron chi connectivity index (χ3n) is 8.19. The summed E-state index contributed by atoms with van der Waals surface area (Å²) in [7, 11) is 0. The molecule has 2 fully saturated rings. The number of hydrogen-bond donors (Lipinski definition) is 3. The lowest BCUT2D eigenvalue weighted by molar-refractivity contribution is -0.198. The van der Waals surface area contributed by atoms with Crippen molar-refractivity contribution < 1.29 is 29.4 Å². The van der Waals surface area contributed by atoms with Crippen molar-refractivity contribution in [3.63, 3.8) is 0 Å². The molecule has 0 radical (unpaired) electrons. The Morgan fingerprint density at radius 3 is 2.38 bits per heavy atom. The fourth-order valence-corrected chi connectivity index (χ4v) is 6.10. The number of carboxylic acid groups (broad SMARTS) is 1. The number of benzene rings is 1. The molecule has 204 valence electrons. The van der Waals surface area contributed by atoms with E-state index in [1.165, 1.54) is 5.01 Å². The molecule has 2 aliphatic rings.